The molecular formula is C19H26N6O2. The number of aromatic nitrogens is 2. The monoisotopic (exact) mass is 370 g/mol. The van der Waals surface area contributed by atoms with Crippen LogP contribution in [0.1, 0.15) is 41.4 Å². The van der Waals surface area contributed by atoms with Crippen LogP contribution in [0.25, 0.3) is 11.5 Å². The molecule has 1 saturated carbocycles. The molecule has 4 rings (SSSR count). The molecule has 8 nitrogen and oxygen atoms in total. The zero-order chi connectivity index (χ0) is 19.1. The van der Waals surface area contributed by atoms with Crippen molar-refractivity contribution < 1.29 is 9.21 Å². The van der Waals surface area contributed by atoms with E-state index in [0.29, 0.717) is 11.8 Å². The molecule has 144 valence electrons. The maximum absolute atomic E-state index is 12.1. The molecule has 1 aliphatic carbocycles. The van der Waals surface area contributed by atoms with Gasteiger partial charge in [0.05, 0.1) is 0 Å². The first-order valence-corrected chi connectivity index (χ1v) is 9.21. The Bertz CT molecular complexity index is 778. The highest BCUT2D eigenvalue weighted by atomic mass is 16.4. The molecule has 2 aliphatic rings. The molecule has 1 aromatic carbocycles. The molecule has 1 aromatic heterocycles. The van der Waals surface area contributed by atoms with Gasteiger partial charge in [0.25, 0.3) is 0 Å². The number of benzene rings is 1. The smallest absolute Gasteiger partial charge is 0.309 e. The Kier molecular flexibility index (Phi) is 6.43. The van der Waals surface area contributed by atoms with E-state index in [1.54, 1.807) is 13.2 Å². The molecule has 1 aliphatic heterocycles. The fraction of sp³-hybridized carbons (Fsp3) is 0.421. The average Bonchev–Trinajstić information content (AvgIpc) is 3.18. The standard InChI is InChI=1S/C16H18N4O2.C3H8N2/c21-14(18-11-7-8-17-9-11)16-20-19-15(22-16)13-4-2-1-3-12(13)10-5-6-10;1-5-3-2-4/h1-4,10-11,17H,5-9H2,(H,18,21);2-3,5H,4H2,1H3/b;3-2-. The Labute approximate surface area is 158 Å². The third-order valence-corrected chi connectivity index (χ3v) is 4.49. The third kappa shape index (κ3) is 5.07. The second kappa shape index (κ2) is 9.18. The Morgan fingerprint density at radius 2 is 2.11 bits per heavy atom. The maximum Gasteiger partial charge on any atom is 0.309 e. The Hall–Kier alpha value is -2.87. The van der Waals surface area contributed by atoms with Crippen LogP contribution in [0.4, 0.5) is 0 Å². The van der Waals surface area contributed by atoms with Crippen LogP contribution in [0, 0.1) is 0 Å². The van der Waals surface area contributed by atoms with Gasteiger partial charge in [0, 0.05) is 37.6 Å². The van der Waals surface area contributed by atoms with Crippen molar-refractivity contribution in [3.05, 3.63) is 48.1 Å². The van der Waals surface area contributed by atoms with Crippen LogP contribution >= 0.6 is 0 Å². The van der Waals surface area contributed by atoms with Gasteiger partial charge in [-0.15, -0.1) is 10.2 Å². The molecule has 0 spiro atoms. The SMILES string of the molecule is CN/C=C\N.O=C(NC1CCNC1)c1nnc(-c2ccccc2C2CC2)o1. The summed E-state index contributed by atoms with van der Waals surface area (Å²) in [5, 5.41) is 16.8. The Balaban J connectivity index is 0.000000376. The summed E-state index contributed by atoms with van der Waals surface area (Å²) in [4.78, 5) is 12.1. The summed E-state index contributed by atoms with van der Waals surface area (Å²) < 4.78 is 5.61. The number of rotatable bonds is 5. The third-order valence-electron chi connectivity index (χ3n) is 4.49. The van der Waals surface area contributed by atoms with Gasteiger partial charge in [0.1, 0.15) is 0 Å². The molecule has 5 N–H and O–H groups in total. The van der Waals surface area contributed by atoms with Gasteiger partial charge in [-0.05, 0) is 43.4 Å². The molecule has 2 fully saturated rings. The van der Waals surface area contributed by atoms with Crippen molar-refractivity contribution in [1.29, 1.82) is 0 Å². The Morgan fingerprint density at radius 3 is 2.74 bits per heavy atom. The van der Waals surface area contributed by atoms with Crippen LogP contribution in [0.5, 0.6) is 0 Å². The molecule has 2 heterocycles. The van der Waals surface area contributed by atoms with E-state index in [1.165, 1.54) is 24.6 Å². The summed E-state index contributed by atoms with van der Waals surface area (Å²) in [6.45, 7) is 1.71. The number of nitrogens with one attached hydrogen (secondary N) is 3. The van der Waals surface area contributed by atoms with Gasteiger partial charge in [0.2, 0.25) is 5.89 Å². The second-order valence-electron chi connectivity index (χ2n) is 6.58. The lowest BCUT2D eigenvalue weighted by molar-refractivity contribution is 0.0905. The first kappa shape index (κ1) is 18.9. The van der Waals surface area contributed by atoms with Crippen molar-refractivity contribution in [2.24, 2.45) is 5.73 Å². The number of hydrogen-bond acceptors (Lipinski definition) is 7. The lowest BCUT2D eigenvalue weighted by Crippen LogP contribution is -2.36. The Morgan fingerprint density at radius 1 is 1.30 bits per heavy atom. The summed E-state index contributed by atoms with van der Waals surface area (Å²) in [5.41, 5.74) is 7.07. The largest absolute Gasteiger partial charge is 0.412 e. The second-order valence-corrected chi connectivity index (χ2v) is 6.58. The van der Waals surface area contributed by atoms with E-state index in [2.05, 4.69) is 32.2 Å². The quantitative estimate of drug-likeness (QED) is 0.627. The molecule has 2 aromatic rings. The van der Waals surface area contributed by atoms with Gasteiger partial charge in [-0.2, -0.15) is 0 Å². The highest BCUT2D eigenvalue weighted by Crippen LogP contribution is 2.43. The lowest BCUT2D eigenvalue weighted by atomic mass is 10.0. The molecular weight excluding hydrogens is 344 g/mol. The van der Waals surface area contributed by atoms with Crippen LogP contribution in [0.2, 0.25) is 0 Å². The summed E-state index contributed by atoms with van der Waals surface area (Å²) in [6, 6.07) is 8.19. The average molecular weight is 370 g/mol. The summed E-state index contributed by atoms with van der Waals surface area (Å²) in [6.07, 6.45) is 6.43. The first-order valence-electron chi connectivity index (χ1n) is 9.21. The van der Waals surface area contributed by atoms with Crippen molar-refractivity contribution in [3.8, 4) is 11.5 Å². The first-order chi connectivity index (χ1) is 13.2. The minimum absolute atomic E-state index is 0.0347. The molecule has 1 atom stereocenters. The number of nitrogens with zero attached hydrogens (tertiary/aromatic N) is 2. The van der Waals surface area contributed by atoms with Crippen molar-refractivity contribution in [2.45, 2.75) is 31.2 Å². The summed E-state index contributed by atoms with van der Waals surface area (Å²) in [5.74, 6) is 0.756. The van der Waals surface area contributed by atoms with Crippen molar-refractivity contribution in [1.82, 2.24) is 26.1 Å². The molecule has 1 amide bonds. The minimum Gasteiger partial charge on any atom is -0.412 e. The molecule has 27 heavy (non-hydrogen) atoms. The normalized spacial score (nSPS) is 18.8. The van der Waals surface area contributed by atoms with Gasteiger partial charge in [-0.1, -0.05) is 18.2 Å². The predicted molar refractivity (Wildman–Crippen MR) is 103 cm³/mol. The van der Waals surface area contributed by atoms with E-state index in [0.717, 1.165) is 25.1 Å². The van der Waals surface area contributed by atoms with Gasteiger partial charge in [-0.3, -0.25) is 4.79 Å². The minimum atomic E-state index is -0.295. The van der Waals surface area contributed by atoms with Crippen LogP contribution in [-0.4, -0.2) is 42.3 Å². The summed E-state index contributed by atoms with van der Waals surface area (Å²) in [7, 11) is 1.80. The number of nitrogens with two attached hydrogens (primary N) is 1. The number of hydrogen-bond donors (Lipinski definition) is 4. The van der Waals surface area contributed by atoms with E-state index >= 15 is 0 Å². The van der Waals surface area contributed by atoms with Crippen molar-refractivity contribution >= 4 is 5.91 Å². The van der Waals surface area contributed by atoms with Gasteiger partial charge < -0.3 is 26.1 Å². The summed E-state index contributed by atoms with van der Waals surface area (Å²) >= 11 is 0. The lowest BCUT2D eigenvalue weighted by Gasteiger charge is -2.08. The molecule has 8 heteroatoms. The van der Waals surface area contributed by atoms with Crippen LogP contribution in [0.15, 0.2) is 41.1 Å². The van der Waals surface area contributed by atoms with E-state index < -0.39 is 0 Å². The van der Waals surface area contributed by atoms with Crippen molar-refractivity contribution in [3.63, 3.8) is 0 Å². The van der Waals surface area contributed by atoms with E-state index in [4.69, 9.17) is 10.2 Å². The predicted octanol–water partition coefficient (Wildman–Crippen LogP) is 1.34. The highest BCUT2D eigenvalue weighted by molar-refractivity contribution is 5.90. The molecule has 0 radical (unpaired) electrons. The number of amides is 1. The van der Waals surface area contributed by atoms with Gasteiger partial charge in [-0.25, -0.2) is 0 Å². The van der Waals surface area contributed by atoms with E-state index in [1.807, 2.05) is 18.2 Å². The highest BCUT2D eigenvalue weighted by Gasteiger charge is 2.28. The zero-order valence-electron chi connectivity index (χ0n) is 15.4. The molecule has 0 bridgehead atoms. The van der Waals surface area contributed by atoms with E-state index in [9.17, 15) is 4.79 Å². The maximum atomic E-state index is 12.1. The molecule has 1 unspecified atom stereocenters. The van der Waals surface area contributed by atoms with Gasteiger partial charge >= 0.3 is 11.8 Å². The zero-order valence-corrected chi connectivity index (χ0v) is 15.4. The van der Waals surface area contributed by atoms with Crippen LogP contribution in [-0.2, 0) is 0 Å². The molecule has 1 saturated heterocycles. The van der Waals surface area contributed by atoms with Crippen molar-refractivity contribution in [2.75, 3.05) is 20.1 Å². The van der Waals surface area contributed by atoms with E-state index in [-0.39, 0.29) is 17.8 Å². The number of carbonyl (C=O) groups is 1. The topological polar surface area (TPSA) is 118 Å². The van der Waals surface area contributed by atoms with Crippen LogP contribution < -0.4 is 21.7 Å². The number of carbonyl (C=O) groups excluding carboxylic acids is 1. The van der Waals surface area contributed by atoms with Gasteiger partial charge in [0.15, 0.2) is 0 Å². The fourth-order valence-corrected chi connectivity index (χ4v) is 2.99. The van der Waals surface area contributed by atoms with Crippen LogP contribution in [0.3, 0.4) is 0 Å². The fourth-order valence-electron chi connectivity index (χ4n) is 2.99.